The first kappa shape index (κ1) is 11.0. The highest BCUT2D eigenvalue weighted by Crippen LogP contribution is 2.28. The van der Waals surface area contributed by atoms with Gasteiger partial charge in [0.1, 0.15) is 4.32 Å². The van der Waals surface area contributed by atoms with E-state index in [4.69, 9.17) is 23.8 Å². The van der Waals surface area contributed by atoms with Crippen LogP contribution in [-0.4, -0.2) is 16.1 Å². The van der Waals surface area contributed by atoms with E-state index in [1.807, 2.05) is 6.92 Å². The van der Waals surface area contributed by atoms with Crippen molar-refractivity contribution in [2.45, 2.75) is 19.8 Å². The second-order valence-electron chi connectivity index (χ2n) is 2.75. The molecule has 0 aromatic carbocycles. The van der Waals surface area contributed by atoms with Gasteiger partial charge in [0.15, 0.2) is 0 Å². The Morgan fingerprint density at radius 2 is 2.38 bits per heavy atom. The lowest BCUT2D eigenvalue weighted by Crippen LogP contribution is -2.18. The number of thiocarbonyl (C=S) groups is 1. The van der Waals surface area contributed by atoms with E-state index in [0.717, 1.165) is 23.3 Å². The Bertz CT molecular complexity index is 275. The van der Waals surface area contributed by atoms with Gasteiger partial charge in [-0.3, -0.25) is 4.79 Å². The Hall–Kier alpha value is -0.0600. The summed E-state index contributed by atoms with van der Waals surface area (Å²) in [5.74, 6) is 0.559. The molecule has 0 saturated carbocycles. The third-order valence-corrected chi connectivity index (χ3v) is 3.33. The van der Waals surface area contributed by atoms with Gasteiger partial charge < -0.3 is 5.32 Å². The van der Waals surface area contributed by atoms with Gasteiger partial charge in [-0.2, -0.15) is 0 Å². The van der Waals surface area contributed by atoms with Gasteiger partial charge >= 0.3 is 0 Å². The number of carbonyl (C=O) groups is 1. The molecule has 0 atom stereocenters. The van der Waals surface area contributed by atoms with Crippen LogP contribution in [0.25, 0.3) is 0 Å². The number of rotatable bonds is 3. The first-order valence-electron chi connectivity index (χ1n) is 3.94. The van der Waals surface area contributed by atoms with Gasteiger partial charge in [-0.15, -0.1) is 11.6 Å². The van der Waals surface area contributed by atoms with Gasteiger partial charge in [-0.1, -0.05) is 29.6 Å². The lowest BCUT2D eigenvalue weighted by molar-refractivity contribution is -0.115. The molecule has 1 fully saturated rings. The van der Waals surface area contributed by atoms with Crippen LogP contribution in [0.5, 0.6) is 0 Å². The number of alkyl halides is 1. The lowest BCUT2D eigenvalue weighted by atomic mass is 10.1. The van der Waals surface area contributed by atoms with Gasteiger partial charge in [0.05, 0.1) is 4.91 Å². The average molecular weight is 236 g/mol. The molecule has 5 heteroatoms. The summed E-state index contributed by atoms with van der Waals surface area (Å²) in [6.07, 6.45) is 1.76. The monoisotopic (exact) mass is 235 g/mol. The maximum atomic E-state index is 11.3. The van der Waals surface area contributed by atoms with E-state index in [9.17, 15) is 4.79 Å². The normalized spacial score (nSPS) is 20.5. The number of thioether (sulfide) groups is 1. The van der Waals surface area contributed by atoms with Gasteiger partial charge in [0.2, 0.25) is 0 Å². The summed E-state index contributed by atoms with van der Waals surface area (Å²) in [5, 5.41) is 2.59. The van der Waals surface area contributed by atoms with Crippen molar-refractivity contribution in [1.82, 2.24) is 5.32 Å². The molecule has 0 aromatic heterocycles. The molecule has 1 aliphatic heterocycles. The van der Waals surface area contributed by atoms with Crippen molar-refractivity contribution in [3.05, 3.63) is 10.5 Å². The molecule has 0 unspecified atom stereocenters. The standard InChI is InChI=1S/C8H10ClNOS2/c1-5(3-2-4-9)6-7(11)10-8(12)13-6/h2-4H2,1H3,(H,10,11,12)/b6-5-. The molecule has 0 aromatic rings. The number of hydrogen-bond donors (Lipinski definition) is 1. The van der Waals surface area contributed by atoms with Crippen molar-refractivity contribution in [2.75, 3.05) is 5.88 Å². The first-order chi connectivity index (χ1) is 6.15. The largest absolute Gasteiger partial charge is 0.307 e. The molecule has 1 heterocycles. The molecule has 1 amide bonds. The number of halogens is 1. The van der Waals surface area contributed by atoms with Gasteiger partial charge in [0, 0.05) is 5.88 Å². The summed E-state index contributed by atoms with van der Waals surface area (Å²) in [7, 11) is 0. The Morgan fingerprint density at radius 1 is 1.69 bits per heavy atom. The molecule has 72 valence electrons. The third kappa shape index (κ3) is 2.97. The lowest BCUT2D eigenvalue weighted by Gasteiger charge is -2.00. The van der Waals surface area contributed by atoms with E-state index in [0.29, 0.717) is 10.2 Å². The van der Waals surface area contributed by atoms with E-state index in [1.165, 1.54) is 11.8 Å². The van der Waals surface area contributed by atoms with Gasteiger partial charge in [0.25, 0.3) is 5.91 Å². The van der Waals surface area contributed by atoms with Crippen molar-refractivity contribution in [2.24, 2.45) is 0 Å². The Labute approximate surface area is 92.1 Å². The first-order valence-corrected chi connectivity index (χ1v) is 5.70. The van der Waals surface area contributed by atoms with Crippen LogP contribution in [0, 0.1) is 0 Å². The van der Waals surface area contributed by atoms with Crippen LogP contribution in [-0.2, 0) is 4.79 Å². The SMILES string of the molecule is C/C(CCCCl)=C1/SC(=S)NC1=O. The summed E-state index contributed by atoms with van der Waals surface area (Å²) >= 11 is 11.8. The Kier molecular flexibility index (Phi) is 4.22. The molecular weight excluding hydrogens is 226 g/mol. The highest BCUT2D eigenvalue weighted by Gasteiger charge is 2.23. The van der Waals surface area contributed by atoms with Crippen molar-refractivity contribution >= 4 is 45.8 Å². The van der Waals surface area contributed by atoms with Gasteiger partial charge in [-0.05, 0) is 19.8 Å². The summed E-state index contributed by atoms with van der Waals surface area (Å²) in [4.78, 5) is 12.0. The summed E-state index contributed by atoms with van der Waals surface area (Å²) < 4.78 is 0.547. The van der Waals surface area contributed by atoms with Crippen molar-refractivity contribution < 1.29 is 4.79 Å². The second kappa shape index (κ2) is 4.98. The summed E-state index contributed by atoms with van der Waals surface area (Å²) in [6, 6.07) is 0. The van der Waals surface area contributed by atoms with E-state index < -0.39 is 0 Å². The van der Waals surface area contributed by atoms with E-state index >= 15 is 0 Å². The Balaban J connectivity index is 2.67. The molecule has 13 heavy (non-hydrogen) atoms. The van der Waals surface area contributed by atoms with Crippen LogP contribution in [0.15, 0.2) is 10.5 Å². The Morgan fingerprint density at radius 3 is 2.85 bits per heavy atom. The molecule has 1 rings (SSSR count). The van der Waals surface area contributed by atoms with E-state index in [-0.39, 0.29) is 5.91 Å². The van der Waals surface area contributed by atoms with Crippen molar-refractivity contribution in [3.8, 4) is 0 Å². The van der Waals surface area contributed by atoms with Crippen LogP contribution < -0.4 is 5.32 Å². The highest BCUT2D eigenvalue weighted by molar-refractivity contribution is 8.26. The van der Waals surface area contributed by atoms with Crippen LogP contribution in [0.1, 0.15) is 19.8 Å². The smallest absolute Gasteiger partial charge is 0.263 e. The predicted molar refractivity (Wildman–Crippen MR) is 61.0 cm³/mol. The van der Waals surface area contributed by atoms with Crippen LogP contribution in [0.2, 0.25) is 0 Å². The fourth-order valence-electron chi connectivity index (χ4n) is 1.04. The topological polar surface area (TPSA) is 29.1 Å². The molecule has 0 radical (unpaired) electrons. The number of hydrogen-bond acceptors (Lipinski definition) is 3. The highest BCUT2D eigenvalue weighted by atomic mass is 35.5. The minimum Gasteiger partial charge on any atom is -0.307 e. The molecule has 0 bridgehead atoms. The van der Waals surface area contributed by atoms with E-state index in [1.54, 1.807) is 0 Å². The number of amides is 1. The van der Waals surface area contributed by atoms with Gasteiger partial charge in [-0.25, -0.2) is 0 Å². The summed E-state index contributed by atoms with van der Waals surface area (Å²) in [6.45, 7) is 1.95. The summed E-state index contributed by atoms with van der Waals surface area (Å²) in [5.41, 5.74) is 1.07. The fourth-order valence-corrected chi connectivity index (χ4v) is 2.27. The molecule has 1 N–H and O–H groups in total. The predicted octanol–water partition coefficient (Wildman–Crippen LogP) is 2.43. The zero-order chi connectivity index (χ0) is 9.84. The molecule has 0 aliphatic carbocycles. The molecule has 2 nitrogen and oxygen atoms in total. The van der Waals surface area contributed by atoms with Crippen LogP contribution in [0.3, 0.4) is 0 Å². The van der Waals surface area contributed by atoms with Crippen LogP contribution >= 0.6 is 35.6 Å². The number of allylic oxidation sites excluding steroid dienone is 1. The second-order valence-corrected chi connectivity index (χ2v) is 4.81. The maximum absolute atomic E-state index is 11.3. The number of nitrogens with one attached hydrogen (secondary N) is 1. The molecule has 0 spiro atoms. The van der Waals surface area contributed by atoms with Crippen molar-refractivity contribution in [1.29, 1.82) is 0 Å². The van der Waals surface area contributed by atoms with Crippen molar-refractivity contribution in [3.63, 3.8) is 0 Å². The zero-order valence-corrected chi connectivity index (χ0v) is 9.61. The quantitative estimate of drug-likeness (QED) is 0.463. The molecule has 1 saturated heterocycles. The van der Waals surface area contributed by atoms with E-state index in [2.05, 4.69) is 5.32 Å². The average Bonchev–Trinajstić information content (AvgIpc) is 2.41. The minimum absolute atomic E-state index is 0.0675. The third-order valence-electron chi connectivity index (χ3n) is 1.69. The fraction of sp³-hybridized carbons (Fsp3) is 0.500. The van der Waals surface area contributed by atoms with Crippen LogP contribution in [0.4, 0.5) is 0 Å². The maximum Gasteiger partial charge on any atom is 0.263 e. The minimum atomic E-state index is -0.0675. The molecule has 1 aliphatic rings. The number of carbonyl (C=O) groups excluding carboxylic acids is 1. The zero-order valence-electron chi connectivity index (χ0n) is 7.22. The molecular formula is C8H10ClNOS2.